The van der Waals surface area contributed by atoms with Crippen LogP contribution in [-0.2, 0) is 14.3 Å². The number of aromatic nitrogens is 2. The first-order valence-corrected chi connectivity index (χ1v) is 9.97. The second kappa shape index (κ2) is 10.2. The van der Waals surface area contributed by atoms with E-state index in [1.54, 1.807) is 24.8 Å². The van der Waals surface area contributed by atoms with Gasteiger partial charge < -0.3 is 14.8 Å². The maximum Gasteiger partial charge on any atom is 0.331 e. The van der Waals surface area contributed by atoms with Crippen LogP contribution in [-0.4, -0.2) is 41.4 Å². The number of rotatable bonds is 8. The van der Waals surface area contributed by atoms with Crippen molar-refractivity contribution in [3.63, 3.8) is 0 Å². The monoisotopic (exact) mass is 419 g/mol. The minimum absolute atomic E-state index is 0.333. The summed E-state index contributed by atoms with van der Waals surface area (Å²) in [6, 6.07) is 17.2. The van der Waals surface area contributed by atoms with Crippen molar-refractivity contribution in [1.29, 1.82) is 0 Å². The molecule has 0 unspecified atom stereocenters. The van der Waals surface area contributed by atoms with Gasteiger partial charge in [0.1, 0.15) is 5.75 Å². The Kier molecular flexibility index (Phi) is 7.22. The normalized spacial score (nSPS) is 11.8. The number of benzene rings is 2. The molecule has 0 fully saturated rings. The minimum atomic E-state index is -0.870. The van der Waals surface area contributed by atoms with Gasteiger partial charge in [-0.2, -0.15) is 5.10 Å². The molecule has 3 rings (SSSR count). The fourth-order valence-electron chi connectivity index (χ4n) is 2.94. The van der Waals surface area contributed by atoms with Crippen LogP contribution in [0, 0.1) is 0 Å². The first-order chi connectivity index (χ1) is 15.0. The third-order valence-corrected chi connectivity index (χ3v) is 4.54. The summed E-state index contributed by atoms with van der Waals surface area (Å²) in [4.78, 5) is 24.0. The molecule has 0 aliphatic heterocycles. The molecular formula is C24H25N3O4. The quantitative estimate of drug-likeness (QED) is 0.445. The lowest BCUT2D eigenvalue weighted by atomic mass is 10.1. The highest BCUT2D eigenvalue weighted by Gasteiger charge is 2.16. The zero-order valence-electron chi connectivity index (χ0n) is 17.7. The summed E-state index contributed by atoms with van der Waals surface area (Å²) in [5.74, 6) is -0.196. The smallest absolute Gasteiger partial charge is 0.331 e. The molecule has 0 saturated carbocycles. The lowest BCUT2D eigenvalue weighted by molar-refractivity contribution is -0.150. The zero-order chi connectivity index (χ0) is 22.2. The minimum Gasteiger partial charge on any atom is -0.497 e. The number of methoxy groups -OCH3 is 1. The van der Waals surface area contributed by atoms with Crippen molar-refractivity contribution >= 4 is 18.0 Å². The number of hydrogen-bond acceptors (Lipinski definition) is 5. The van der Waals surface area contributed by atoms with Crippen LogP contribution >= 0.6 is 0 Å². The third kappa shape index (κ3) is 5.60. The van der Waals surface area contributed by atoms with Crippen LogP contribution in [0.1, 0.15) is 19.4 Å². The van der Waals surface area contributed by atoms with Crippen LogP contribution in [0.2, 0.25) is 0 Å². The van der Waals surface area contributed by atoms with E-state index in [2.05, 4.69) is 5.32 Å². The summed E-state index contributed by atoms with van der Waals surface area (Å²) in [5, 5.41) is 7.33. The fraction of sp³-hybridized carbons (Fsp3) is 0.208. The average molecular weight is 419 g/mol. The van der Waals surface area contributed by atoms with Gasteiger partial charge >= 0.3 is 5.97 Å². The molecule has 0 radical (unpaired) electrons. The van der Waals surface area contributed by atoms with Crippen LogP contribution in [0.3, 0.4) is 0 Å². The van der Waals surface area contributed by atoms with Crippen molar-refractivity contribution in [2.75, 3.05) is 13.7 Å². The number of nitrogens with zero attached hydrogens (tertiary/aromatic N) is 2. The molecule has 1 atom stereocenters. The van der Waals surface area contributed by atoms with Gasteiger partial charge in [-0.3, -0.25) is 4.79 Å². The number of esters is 1. The summed E-state index contributed by atoms with van der Waals surface area (Å²) in [6.45, 7) is 3.81. The molecule has 160 valence electrons. The Hall–Kier alpha value is -3.87. The topological polar surface area (TPSA) is 82.5 Å². The van der Waals surface area contributed by atoms with Gasteiger partial charge in [0.15, 0.2) is 6.10 Å². The van der Waals surface area contributed by atoms with Crippen molar-refractivity contribution < 1.29 is 19.1 Å². The van der Waals surface area contributed by atoms with Gasteiger partial charge in [0.05, 0.1) is 18.5 Å². The number of nitrogens with one attached hydrogen (secondary N) is 1. The maximum atomic E-state index is 12.2. The predicted octanol–water partition coefficient (Wildman–Crippen LogP) is 3.63. The SMILES string of the molecule is CCNC(=O)[C@H](C)OC(=O)/C=C/c1cn(-c2ccccc2)nc1-c1ccc(OC)cc1. The molecule has 0 bridgehead atoms. The second-order valence-corrected chi connectivity index (χ2v) is 6.75. The van der Waals surface area contributed by atoms with Crippen LogP contribution in [0.5, 0.6) is 5.75 Å². The maximum absolute atomic E-state index is 12.2. The summed E-state index contributed by atoms with van der Waals surface area (Å²) in [7, 11) is 1.61. The molecule has 0 aliphatic carbocycles. The first-order valence-electron chi connectivity index (χ1n) is 9.97. The highest BCUT2D eigenvalue weighted by molar-refractivity contribution is 5.91. The number of carbonyl (C=O) groups is 2. The van der Waals surface area contributed by atoms with Crippen molar-refractivity contribution in [2.45, 2.75) is 20.0 Å². The van der Waals surface area contributed by atoms with Crippen LogP contribution in [0.25, 0.3) is 23.0 Å². The Morgan fingerprint density at radius 1 is 1.13 bits per heavy atom. The highest BCUT2D eigenvalue weighted by atomic mass is 16.5. The number of likely N-dealkylation sites (N-methyl/N-ethyl adjacent to an activating group) is 1. The fourth-order valence-corrected chi connectivity index (χ4v) is 2.94. The standard InChI is InChI=1S/C24H25N3O4/c1-4-25-24(29)17(2)31-22(28)15-12-19-16-27(20-8-6-5-7-9-20)26-23(19)18-10-13-21(30-3)14-11-18/h5-17H,4H2,1-3H3,(H,25,29)/b15-12+/t17-/m0/s1. The average Bonchev–Trinajstić information content (AvgIpc) is 3.23. The Bertz CT molecular complexity index is 1060. The van der Waals surface area contributed by atoms with Crippen molar-refractivity contribution in [3.05, 3.63) is 72.4 Å². The van der Waals surface area contributed by atoms with Gasteiger partial charge in [0.25, 0.3) is 5.91 Å². The Morgan fingerprint density at radius 3 is 2.48 bits per heavy atom. The molecule has 0 aliphatic rings. The summed E-state index contributed by atoms with van der Waals surface area (Å²) in [6.07, 6.45) is 3.91. The van der Waals surface area contributed by atoms with E-state index in [-0.39, 0.29) is 5.91 Å². The largest absolute Gasteiger partial charge is 0.497 e. The van der Waals surface area contributed by atoms with Gasteiger partial charge in [0.2, 0.25) is 0 Å². The first kappa shape index (κ1) is 21.8. The molecule has 7 nitrogen and oxygen atoms in total. The Labute approximate surface area is 181 Å². The molecule has 3 aromatic rings. The van der Waals surface area contributed by atoms with Crippen LogP contribution < -0.4 is 10.1 Å². The molecule has 1 N–H and O–H groups in total. The number of carbonyl (C=O) groups excluding carboxylic acids is 2. The van der Waals surface area contributed by atoms with Gasteiger partial charge in [-0.15, -0.1) is 0 Å². The molecule has 0 spiro atoms. The van der Waals surface area contributed by atoms with E-state index in [9.17, 15) is 9.59 Å². The molecule has 31 heavy (non-hydrogen) atoms. The summed E-state index contributed by atoms with van der Waals surface area (Å²) >= 11 is 0. The molecule has 7 heteroatoms. The van der Waals surface area contributed by atoms with E-state index < -0.39 is 12.1 Å². The highest BCUT2D eigenvalue weighted by Crippen LogP contribution is 2.26. The summed E-state index contributed by atoms with van der Waals surface area (Å²) < 4.78 is 12.2. The van der Waals surface area contributed by atoms with Crippen molar-refractivity contribution in [2.24, 2.45) is 0 Å². The van der Waals surface area contributed by atoms with E-state index >= 15 is 0 Å². The molecule has 0 saturated heterocycles. The Balaban J connectivity index is 1.88. The van der Waals surface area contributed by atoms with Gasteiger partial charge in [0, 0.05) is 29.9 Å². The second-order valence-electron chi connectivity index (χ2n) is 6.75. The number of hydrogen-bond donors (Lipinski definition) is 1. The molecule has 1 heterocycles. The van der Waals surface area contributed by atoms with E-state index in [0.717, 1.165) is 22.6 Å². The van der Waals surface area contributed by atoms with Crippen LogP contribution in [0.15, 0.2) is 66.9 Å². The van der Waals surface area contributed by atoms with Gasteiger partial charge in [-0.25, -0.2) is 9.48 Å². The van der Waals surface area contributed by atoms with E-state index in [4.69, 9.17) is 14.6 Å². The lowest BCUT2D eigenvalue weighted by Crippen LogP contribution is -2.35. The number of para-hydroxylation sites is 1. The number of amides is 1. The predicted molar refractivity (Wildman–Crippen MR) is 119 cm³/mol. The van der Waals surface area contributed by atoms with Crippen molar-refractivity contribution in [3.8, 4) is 22.7 Å². The molecule has 1 aromatic heterocycles. The molecule has 1 amide bonds. The zero-order valence-corrected chi connectivity index (χ0v) is 17.7. The third-order valence-electron chi connectivity index (χ3n) is 4.54. The van der Waals surface area contributed by atoms with Gasteiger partial charge in [-0.05, 0) is 56.3 Å². The van der Waals surface area contributed by atoms with E-state index in [1.807, 2.05) is 60.8 Å². The van der Waals surface area contributed by atoms with Gasteiger partial charge in [-0.1, -0.05) is 18.2 Å². The summed E-state index contributed by atoms with van der Waals surface area (Å²) in [5.41, 5.74) is 3.20. The lowest BCUT2D eigenvalue weighted by Gasteiger charge is -2.10. The van der Waals surface area contributed by atoms with E-state index in [0.29, 0.717) is 12.2 Å². The van der Waals surface area contributed by atoms with Crippen molar-refractivity contribution in [1.82, 2.24) is 15.1 Å². The van der Waals surface area contributed by atoms with Crippen LogP contribution in [0.4, 0.5) is 0 Å². The van der Waals surface area contributed by atoms with E-state index in [1.165, 1.54) is 13.0 Å². The Morgan fingerprint density at radius 2 is 1.84 bits per heavy atom. The molecular weight excluding hydrogens is 394 g/mol. The molecule has 2 aromatic carbocycles. The number of ether oxygens (including phenoxy) is 2.